The minimum absolute atomic E-state index is 0.0579. The third kappa shape index (κ3) is 5.11. The van der Waals surface area contributed by atoms with Crippen molar-refractivity contribution >= 4 is 17.4 Å². The average molecular weight is 474 g/mol. The van der Waals surface area contributed by atoms with E-state index >= 15 is 0 Å². The minimum Gasteiger partial charge on any atom is -0.507 e. The van der Waals surface area contributed by atoms with E-state index < -0.39 is 17.7 Å². The normalized spacial score (nSPS) is 16.9. The van der Waals surface area contributed by atoms with Gasteiger partial charge in [-0.15, -0.1) is 0 Å². The highest BCUT2D eigenvalue weighted by Gasteiger charge is 2.45. The molecule has 1 aliphatic rings. The number of likely N-dealkylation sites (tertiary alicyclic amines) is 1. The summed E-state index contributed by atoms with van der Waals surface area (Å²) in [6.45, 7) is 4.99. The molecule has 1 fully saturated rings. The molecule has 0 saturated carbocycles. The van der Waals surface area contributed by atoms with Crippen LogP contribution in [0.5, 0.6) is 11.5 Å². The number of aryl methyl sites for hydroxylation is 1. The first kappa shape index (κ1) is 23.8. The first-order chi connectivity index (χ1) is 17.0. The fourth-order valence-corrected chi connectivity index (χ4v) is 4.11. The van der Waals surface area contributed by atoms with Crippen LogP contribution in [-0.4, -0.2) is 51.5 Å². The summed E-state index contributed by atoms with van der Waals surface area (Å²) < 4.78 is 12.7. The van der Waals surface area contributed by atoms with Crippen molar-refractivity contribution in [3.05, 3.63) is 96.6 Å². The van der Waals surface area contributed by atoms with Crippen molar-refractivity contribution in [2.24, 2.45) is 0 Å². The fraction of sp³-hybridized carbons (Fsp3) is 0.222. The summed E-state index contributed by atoms with van der Waals surface area (Å²) in [6, 6.07) is 13.1. The van der Waals surface area contributed by atoms with Crippen molar-refractivity contribution in [3.63, 3.8) is 0 Å². The second-order valence-corrected chi connectivity index (χ2v) is 8.04. The van der Waals surface area contributed by atoms with Crippen LogP contribution in [-0.2, 0) is 16.1 Å². The van der Waals surface area contributed by atoms with Crippen LogP contribution in [0.25, 0.3) is 5.76 Å². The molecule has 0 radical (unpaired) electrons. The van der Waals surface area contributed by atoms with Crippen LogP contribution in [0.1, 0.15) is 23.6 Å². The number of amides is 1. The van der Waals surface area contributed by atoms with Gasteiger partial charge in [0.2, 0.25) is 0 Å². The van der Waals surface area contributed by atoms with Gasteiger partial charge in [-0.25, -0.2) is 4.98 Å². The Kier molecular flexibility index (Phi) is 7.30. The first-order valence-corrected chi connectivity index (χ1v) is 11.3. The molecular formula is C27H27N3O5. The largest absolute Gasteiger partial charge is 0.507 e. The number of aliphatic hydroxyl groups is 1. The van der Waals surface area contributed by atoms with E-state index in [2.05, 4.69) is 11.6 Å². The van der Waals surface area contributed by atoms with Gasteiger partial charge in [-0.3, -0.25) is 9.59 Å². The van der Waals surface area contributed by atoms with Gasteiger partial charge in [-0.05, 0) is 48.4 Å². The Labute approximate surface area is 203 Å². The van der Waals surface area contributed by atoms with E-state index in [1.54, 1.807) is 74.2 Å². The van der Waals surface area contributed by atoms with Crippen LogP contribution >= 0.6 is 0 Å². The van der Waals surface area contributed by atoms with Crippen LogP contribution in [0.3, 0.4) is 0 Å². The summed E-state index contributed by atoms with van der Waals surface area (Å²) >= 11 is 0. The van der Waals surface area contributed by atoms with Gasteiger partial charge >= 0.3 is 0 Å². The number of methoxy groups -OCH3 is 1. The van der Waals surface area contributed by atoms with Gasteiger partial charge in [-0.1, -0.05) is 24.8 Å². The predicted molar refractivity (Wildman–Crippen MR) is 131 cm³/mol. The molecule has 1 atom stereocenters. The Morgan fingerprint density at radius 3 is 2.43 bits per heavy atom. The van der Waals surface area contributed by atoms with Crippen LogP contribution in [0.15, 0.2) is 85.5 Å². The lowest BCUT2D eigenvalue weighted by atomic mass is 9.95. The zero-order chi connectivity index (χ0) is 24.8. The summed E-state index contributed by atoms with van der Waals surface area (Å²) in [4.78, 5) is 31.8. The van der Waals surface area contributed by atoms with Gasteiger partial charge in [0.15, 0.2) is 0 Å². The number of rotatable bonds is 10. The van der Waals surface area contributed by atoms with Gasteiger partial charge in [0, 0.05) is 31.0 Å². The molecule has 1 aliphatic heterocycles. The highest BCUT2D eigenvalue weighted by atomic mass is 16.5. The second kappa shape index (κ2) is 10.7. The number of nitrogens with zero attached hydrogens (tertiary/aromatic N) is 3. The smallest absolute Gasteiger partial charge is 0.295 e. The minimum atomic E-state index is -0.728. The van der Waals surface area contributed by atoms with Crippen molar-refractivity contribution in [3.8, 4) is 11.5 Å². The molecule has 8 nitrogen and oxygen atoms in total. The second-order valence-electron chi connectivity index (χ2n) is 8.04. The lowest BCUT2D eigenvalue weighted by molar-refractivity contribution is -0.139. The van der Waals surface area contributed by atoms with Crippen molar-refractivity contribution < 1.29 is 24.2 Å². The predicted octanol–water partition coefficient (Wildman–Crippen LogP) is 3.97. The highest BCUT2D eigenvalue weighted by molar-refractivity contribution is 6.46. The summed E-state index contributed by atoms with van der Waals surface area (Å²) in [5.74, 6) is -0.310. The summed E-state index contributed by atoms with van der Waals surface area (Å²) in [5.41, 5.74) is 1.19. The van der Waals surface area contributed by atoms with E-state index in [-0.39, 0.29) is 11.3 Å². The number of carbonyl (C=O) groups is 2. The van der Waals surface area contributed by atoms with Crippen molar-refractivity contribution in [2.75, 3.05) is 20.3 Å². The molecule has 1 amide bonds. The van der Waals surface area contributed by atoms with Gasteiger partial charge in [0.1, 0.15) is 23.9 Å². The Hall–Kier alpha value is -4.33. The number of ether oxygens (including phenoxy) is 2. The monoisotopic (exact) mass is 473 g/mol. The molecule has 2 aromatic carbocycles. The fourth-order valence-electron chi connectivity index (χ4n) is 4.11. The maximum absolute atomic E-state index is 13.2. The zero-order valence-corrected chi connectivity index (χ0v) is 19.5. The van der Waals surface area contributed by atoms with Crippen LogP contribution < -0.4 is 9.47 Å². The number of aliphatic hydroxyl groups excluding tert-OH is 1. The molecule has 0 bridgehead atoms. The number of carbonyl (C=O) groups excluding carboxylic acids is 2. The molecule has 35 heavy (non-hydrogen) atoms. The van der Waals surface area contributed by atoms with Gasteiger partial charge in [-0.2, -0.15) is 0 Å². The van der Waals surface area contributed by atoms with Gasteiger partial charge in [0.25, 0.3) is 11.7 Å². The molecule has 1 saturated heterocycles. The maximum Gasteiger partial charge on any atom is 0.295 e. The van der Waals surface area contributed by atoms with E-state index in [1.807, 2.05) is 10.8 Å². The molecule has 4 rings (SSSR count). The lowest BCUT2D eigenvalue weighted by Crippen LogP contribution is -2.31. The van der Waals surface area contributed by atoms with Gasteiger partial charge < -0.3 is 24.0 Å². The quantitative estimate of drug-likeness (QED) is 0.207. The van der Waals surface area contributed by atoms with E-state index in [4.69, 9.17) is 9.47 Å². The van der Waals surface area contributed by atoms with Crippen molar-refractivity contribution in [1.82, 2.24) is 14.5 Å². The molecule has 0 spiro atoms. The van der Waals surface area contributed by atoms with Crippen molar-refractivity contribution in [2.45, 2.75) is 19.0 Å². The Bertz CT molecular complexity index is 1210. The third-order valence-electron chi connectivity index (χ3n) is 5.84. The van der Waals surface area contributed by atoms with E-state index in [0.29, 0.717) is 48.7 Å². The number of hydrogen-bond acceptors (Lipinski definition) is 6. The number of ketones is 1. The van der Waals surface area contributed by atoms with E-state index in [0.717, 1.165) is 0 Å². The number of Topliss-reactive ketones (excluding diaryl/α,β-unsaturated/α-hetero) is 1. The number of aromatic nitrogens is 2. The molecule has 8 heteroatoms. The van der Waals surface area contributed by atoms with E-state index in [1.165, 1.54) is 4.90 Å². The molecule has 2 heterocycles. The van der Waals surface area contributed by atoms with Crippen LogP contribution in [0, 0.1) is 0 Å². The van der Waals surface area contributed by atoms with Crippen LogP contribution in [0.4, 0.5) is 0 Å². The first-order valence-electron chi connectivity index (χ1n) is 11.3. The van der Waals surface area contributed by atoms with E-state index in [9.17, 15) is 14.7 Å². The highest BCUT2D eigenvalue weighted by Crippen LogP contribution is 2.40. The molecule has 0 aliphatic carbocycles. The lowest BCUT2D eigenvalue weighted by Gasteiger charge is -2.25. The molecule has 3 aromatic rings. The number of hydrogen-bond donors (Lipinski definition) is 1. The number of imidazole rings is 1. The van der Waals surface area contributed by atoms with Gasteiger partial charge in [0.05, 0.1) is 25.1 Å². The molecular weight excluding hydrogens is 446 g/mol. The molecule has 1 unspecified atom stereocenters. The Morgan fingerprint density at radius 1 is 1.09 bits per heavy atom. The summed E-state index contributed by atoms with van der Waals surface area (Å²) in [6.07, 6.45) is 7.51. The third-order valence-corrected chi connectivity index (χ3v) is 5.84. The summed E-state index contributed by atoms with van der Waals surface area (Å²) in [5, 5.41) is 11.2. The number of benzene rings is 2. The zero-order valence-electron chi connectivity index (χ0n) is 19.5. The Balaban J connectivity index is 1.70. The SMILES string of the molecule is C=CCOc1ccc(C2/C(=C(\O)c3ccc(OC)cc3)C(=O)C(=O)N2CCCn2ccnc2)cc1. The maximum atomic E-state index is 13.2. The molecule has 1 aromatic heterocycles. The topological polar surface area (TPSA) is 93.9 Å². The van der Waals surface area contributed by atoms with Crippen LogP contribution in [0.2, 0.25) is 0 Å². The van der Waals surface area contributed by atoms with Crippen molar-refractivity contribution in [1.29, 1.82) is 0 Å². The molecule has 180 valence electrons. The molecule has 1 N–H and O–H groups in total. The standard InChI is InChI=1S/C27H27N3O5/c1-3-17-35-22-11-5-19(6-12-22)24-23(25(31)20-7-9-21(34-2)10-8-20)26(32)27(33)30(24)15-4-14-29-16-13-28-18-29/h3,5-13,16,18,24,31H,1,4,14-15,17H2,2H3/b25-23+. The Morgan fingerprint density at radius 2 is 1.80 bits per heavy atom. The average Bonchev–Trinajstić information content (AvgIpc) is 3.50. The summed E-state index contributed by atoms with van der Waals surface area (Å²) in [7, 11) is 1.55.